The lowest BCUT2D eigenvalue weighted by atomic mass is 9.95. The van der Waals surface area contributed by atoms with Crippen molar-refractivity contribution in [3.05, 3.63) is 131 Å². The van der Waals surface area contributed by atoms with Crippen molar-refractivity contribution >= 4 is 16.9 Å². The Morgan fingerprint density at radius 1 is 0.955 bits per heavy atom. The summed E-state index contributed by atoms with van der Waals surface area (Å²) in [5, 5.41) is 12.5. The van der Waals surface area contributed by atoms with Crippen molar-refractivity contribution in [1.29, 1.82) is 0 Å². The monoisotopic (exact) mass is 581 g/mol. The smallest absolute Gasteiger partial charge is 0.323 e. The Labute approximate surface area is 256 Å². The molecule has 0 aliphatic carbocycles. The molecule has 0 saturated carbocycles. The molecular formula is C37H35N5O2. The normalized spacial score (nSPS) is 14.5. The number of ether oxygens (including phenoxy) is 1. The molecule has 3 heterocycles. The second-order valence-corrected chi connectivity index (χ2v) is 11.5. The SMILES string of the molecule is CCc1cc(C)ccc1-c1ccc2c(-c3nc4c(n3Cc3ccccc3)CN[C@H](C(=O)OCc3ccccc3)C4)n[nH]c2c1. The quantitative estimate of drug-likeness (QED) is 0.194. The van der Waals surface area contributed by atoms with Crippen molar-refractivity contribution in [3.8, 4) is 22.6 Å². The lowest BCUT2D eigenvalue weighted by Crippen LogP contribution is -2.43. The molecule has 7 nitrogen and oxygen atoms in total. The van der Waals surface area contributed by atoms with Gasteiger partial charge in [-0.2, -0.15) is 5.10 Å². The van der Waals surface area contributed by atoms with Crippen LogP contribution in [0.5, 0.6) is 0 Å². The fraction of sp³-hybridized carbons (Fsp3) is 0.216. The number of aromatic nitrogens is 4. The second-order valence-electron chi connectivity index (χ2n) is 11.5. The van der Waals surface area contributed by atoms with E-state index in [1.165, 1.54) is 22.3 Å². The average Bonchev–Trinajstić information content (AvgIpc) is 3.64. The number of hydrogen-bond acceptors (Lipinski definition) is 5. The second kappa shape index (κ2) is 11.9. The summed E-state index contributed by atoms with van der Waals surface area (Å²) in [5.74, 6) is 0.529. The van der Waals surface area contributed by atoms with Crippen LogP contribution < -0.4 is 5.32 Å². The molecule has 7 rings (SSSR count). The zero-order valence-corrected chi connectivity index (χ0v) is 25.0. The van der Waals surface area contributed by atoms with Gasteiger partial charge in [-0.3, -0.25) is 15.2 Å². The van der Waals surface area contributed by atoms with Gasteiger partial charge in [-0.25, -0.2) is 4.98 Å². The van der Waals surface area contributed by atoms with Gasteiger partial charge in [0.15, 0.2) is 5.82 Å². The molecule has 0 spiro atoms. The summed E-state index contributed by atoms with van der Waals surface area (Å²) < 4.78 is 7.90. The number of nitrogens with one attached hydrogen (secondary N) is 2. The van der Waals surface area contributed by atoms with Crippen LogP contribution in [0, 0.1) is 6.92 Å². The summed E-state index contributed by atoms with van der Waals surface area (Å²) >= 11 is 0. The third-order valence-corrected chi connectivity index (χ3v) is 8.49. The summed E-state index contributed by atoms with van der Waals surface area (Å²) in [6.45, 7) is 5.75. The minimum Gasteiger partial charge on any atom is -0.460 e. The molecule has 0 bridgehead atoms. The number of aromatic amines is 1. The number of imidazole rings is 1. The highest BCUT2D eigenvalue weighted by Gasteiger charge is 2.31. The Morgan fingerprint density at radius 2 is 1.73 bits per heavy atom. The van der Waals surface area contributed by atoms with Crippen LogP contribution in [0.15, 0.2) is 97.1 Å². The van der Waals surface area contributed by atoms with Crippen molar-refractivity contribution < 1.29 is 9.53 Å². The highest BCUT2D eigenvalue weighted by molar-refractivity contribution is 5.94. The number of esters is 1. The lowest BCUT2D eigenvalue weighted by molar-refractivity contribution is -0.147. The molecule has 1 aliphatic rings. The van der Waals surface area contributed by atoms with Crippen molar-refractivity contribution in [2.75, 3.05) is 0 Å². The molecule has 2 aromatic heterocycles. The van der Waals surface area contributed by atoms with Gasteiger partial charge in [0.2, 0.25) is 0 Å². The van der Waals surface area contributed by atoms with E-state index in [4.69, 9.17) is 14.8 Å². The van der Waals surface area contributed by atoms with Crippen LogP contribution in [0.3, 0.4) is 0 Å². The maximum atomic E-state index is 13.0. The van der Waals surface area contributed by atoms with Crippen LogP contribution in [0.2, 0.25) is 0 Å². The van der Waals surface area contributed by atoms with Crippen LogP contribution in [0.25, 0.3) is 33.5 Å². The predicted octanol–water partition coefficient (Wildman–Crippen LogP) is 6.77. The fourth-order valence-corrected chi connectivity index (χ4v) is 6.15. The molecule has 7 heteroatoms. The van der Waals surface area contributed by atoms with Crippen LogP contribution in [0.4, 0.5) is 0 Å². The predicted molar refractivity (Wildman–Crippen MR) is 173 cm³/mol. The topological polar surface area (TPSA) is 84.8 Å². The summed E-state index contributed by atoms with van der Waals surface area (Å²) in [5.41, 5.74) is 10.9. The molecule has 4 aromatic carbocycles. The molecular weight excluding hydrogens is 546 g/mol. The third kappa shape index (κ3) is 5.42. The number of fused-ring (bicyclic) bond motifs is 2. The van der Waals surface area contributed by atoms with Crippen molar-refractivity contribution in [2.45, 2.75) is 52.4 Å². The Bertz CT molecular complexity index is 1940. The minimum absolute atomic E-state index is 0.252. The van der Waals surface area contributed by atoms with Crippen LogP contribution in [-0.2, 0) is 42.1 Å². The average molecular weight is 582 g/mol. The summed E-state index contributed by atoms with van der Waals surface area (Å²) in [7, 11) is 0. The van der Waals surface area contributed by atoms with E-state index < -0.39 is 6.04 Å². The number of carbonyl (C=O) groups excluding carboxylic acids is 1. The van der Waals surface area contributed by atoms with Crippen molar-refractivity contribution in [1.82, 2.24) is 25.1 Å². The zero-order valence-electron chi connectivity index (χ0n) is 25.0. The molecule has 44 heavy (non-hydrogen) atoms. The highest BCUT2D eigenvalue weighted by Crippen LogP contribution is 2.34. The van der Waals surface area contributed by atoms with Gasteiger partial charge in [0.05, 0.1) is 16.9 Å². The molecule has 0 amide bonds. The van der Waals surface area contributed by atoms with E-state index in [0.717, 1.165) is 51.4 Å². The number of H-pyrrole nitrogens is 1. The Kier molecular flexibility index (Phi) is 7.54. The molecule has 2 N–H and O–H groups in total. The van der Waals surface area contributed by atoms with Crippen molar-refractivity contribution in [2.24, 2.45) is 0 Å². The fourth-order valence-electron chi connectivity index (χ4n) is 6.15. The summed E-state index contributed by atoms with van der Waals surface area (Å²) in [6.07, 6.45) is 1.43. The first-order chi connectivity index (χ1) is 21.6. The van der Waals surface area contributed by atoms with E-state index in [2.05, 4.69) is 89.5 Å². The van der Waals surface area contributed by atoms with E-state index in [0.29, 0.717) is 19.5 Å². The Morgan fingerprint density at radius 3 is 2.50 bits per heavy atom. The number of nitrogens with zero attached hydrogens (tertiary/aromatic N) is 3. The van der Waals surface area contributed by atoms with Gasteiger partial charge in [-0.15, -0.1) is 0 Å². The molecule has 220 valence electrons. The van der Waals surface area contributed by atoms with E-state index >= 15 is 0 Å². The van der Waals surface area contributed by atoms with Crippen LogP contribution >= 0.6 is 0 Å². The molecule has 0 fully saturated rings. The number of aryl methyl sites for hydroxylation is 2. The number of carbonyl (C=O) groups is 1. The van der Waals surface area contributed by atoms with Crippen molar-refractivity contribution in [3.63, 3.8) is 0 Å². The molecule has 0 unspecified atom stereocenters. The summed E-state index contributed by atoms with van der Waals surface area (Å²) in [6, 6.07) is 32.8. The Balaban J connectivity index is 1.22. The standard InChI is InChI=1S/C37H35N5O2/c1-3-27-18-24(2)14-16-29(27)28-15-17-30-31(19-28)40-41-35(30)36-39-32-20-33(37(43)44-23-26-12-8-5-9-13-26)38-21-34(32)42(36)22-25-10-6-4-7-11-25/h4-19,33,38H,3,20-23H2,1-2H3,(H,40,41)/t33-/m0/s1. The molecule has 0 radical (unpaired) electrons. The van der Waals surface area contributed by atoms with Crippen LogP contribution in [-0.4, -0.2) is 31.8 Å². The van der Waals surface area contributed by atoms with E-state index in [1.54, 1.807) is 0 Å². The molecule has 1 atom stereocenters. The van der Waals surface area contributed by atoms with E-state index in [-0.39, 0.29) is 12.6 Å². The molecule has 6 aromatic rings. The van der Waals surface area contributed by atoms with Gasteiger partial charge in [-0.05, 0) is 53.3 Å². The van der Waals surface area contributed by atoms with Gasteiger partial charge in [-0.1, -0.05) is 97.4 Å². The van der Waals surface area contributed by atoms with Gasteiger partial charge in [0.25, 0.3) is 0 Å². The van der Waals surface area contributed by atoms with Gasteiger partial charge in [0, 0.05) is 24.9 Å². The number of rotatable bonds is 8. The number of benzene rings is 4. The first kappa shape index (κ1) is 27.8. The van der Waals surface area contributed by atoms with Gasteiger partial charge in [0.1, 0.15) is 18.3 Å². The van der Waals surface area contributed by atoms with E-state index in [1.807, 2.05) is 36.4 Å². The molecule has 1 aliphatic heterocycles. The van der Waals surface area contributed by atoms with E-state index in [9.17, 15) is 4.79 Å². The maximum Gasteiger partial charge on any atom is 0.323 e. The van der Waals surface area contributed by atoms with Gasteiger partial charge >= 0.3 is 5.97 Å². The third-order valence-electron chi connectivity index (χ3n) is 8.49. The van der Waals surface area contributed by atoms with Gasteiger partial charge < -0.3 is 9.30 Å². The minimum atomic E-state index is -0.458. The first-order valence-corrected chi connectivity index (χ1v) is 15.2. The molecule has 0 saturated heterocycles. The lowest BCUT2D eigenvalue weighted by Gasteiger charge is -2.23. The summed E-state index contributed by atoms with van der Waals surface area (Å²) in [4.78, 5) is 18.2. The number of hydrogen-bond donors (Lipinski definition) is 2. The van der Waals surface area contributed by atoms with Crippen LogP contribution in [0.1, 0.15) is 40.6 Å². The zero-order chi connectivity index (χ0) is 30.0. The highest BCUT2D eigenvalue weighted by atomic mass is 16.5. The largest absolute Gasteiger partial charge is 0.460 e. The first-order valence-electron chi connectivity index (χ1n) is 15.2. The maximum absolute atomic E-state index is 13.0. The Hall–Kier alpha value is -5.01.